The molecular weight excluding hydrogens is 439 g/mol. The summed E-state index contributed by atoms with van der Waals surface area (Å²) in [4.78, 5) is 27.7. The van der Waals surface area contributed by atoms with Crippen LogP contribution in [0.1, 0.15) is 18.9 Å². The zero-order valence-corrected chi connectivity index (χ0v) is 17.6. The Morgan fingerprint density at radius 1 is 1.29 bits per heavy atom. The number of morpholine rings is 1. The first-order valence-electron chi connectivity index (χ1n) is 10.1. The molecule has 0 unspecified atom stereocenters. The van der Waals surface area contributed by atoms with Crippen molar-refractivity contribution in [3.05, 3.63) is 28.8 Å². The quantitative estimate of drug-likeness (QED) is 0.751. The number of carbonyl (C=O) groups excluding carboxylic acids is 2. The number of nitrogens with zero attached hydrogens (tertiary/aromatic N) is 2. The summed E-state index contributed by atoms with van der Waals surface area (Å²) in [6.07, 6.45) is -4.19. The number of alkyl halides is 3. The smallest absolute Gasteiger partial charge is 0.416 e. The molecular formula is C20H23ClF3N3O4. The van der Waals surface area contributed by atoms with Crippen LogP contribution in [-0.2, 0) is 15.7 Å². The van der Waals surface area contributed by atoms with Gasteiger partial charge >= 0.3 is 12.2 Å². The Hall–Kier alpha value is -2.20. The molecule has 3 heterocycles. The number of hydrogen-bond donors (Lipinski definition) is 1. The average Bonchev–Trinajstić information content (AvgIpc) is 2.66. The third-order valence-electron chi connectivity index (χ3n) is 6.01. The molecule has 1 aromatic carbocycles. The zero-order chi connectivity index (χ0) is 22.3. The van der Waals surface area contributed by atoms with Gasteiger partial charge in [0.05, 0.1) is 22.7 Å². The molecule has 4 rings (SSSR count). The van der Waals surface area contributed by atoms with Crippen LogP contribution >= 0.6 is 11.6 Å². The van der Waals surface area contributed by atoms with E-state index in [1.807, 2.05) is 0 Å². The number of benzene rings is 1. The Morgan fingerprint density at radius 2 is 2.03 bits per heavy atom. The van der Waals surface area contributed by atoms with Crippen LogP contribution in [-0.4, -0.2) is 72.8 Å². The van der Waals surface area contributed by atoms with Crippen molar-refractivity contribution in [2.45, 2.75) is 37.8 Å². The normalized spacial score (nSPS) is 25.4. The number of rotatable bonds is 3. The Morgan fingerprint density at radius 3 is 2.71 bits per heavy atom. The number of nitrogens with one attached hydrogen (secondary N) is 1. The van der Waals surface area contributed by atoms with Crippen molar-refractivity contribution in [1.82, 2.24) is 15.1 Å². The zero-order valence-electron chi connectivity index (χ0n) is 16.8. The fraction of sp³-hybridized carbons (Fsp3) is 0.600. The van der Waals surface area contributed by atoms with E-state index < -0.39 is 11.7 Å². The molecule has 11 heteroatoms. The van der Waals surface area contributed by atoms with Crippen molar-refractivity contribution in [1.29, 1.82) is 0 Å². The van der Waals surface area contributed by atoms with Gasteiger partial charge in [0, 0.05) is 32.1 Å². The highest BCUT2D eigenvalue weighted by Gasteiger charge is 2.41. The van der Waals surface area contributed by atoms with E-state index in [0.29, 0.717) is 32.6 Å². The summed E-state index contributed by atoms with van der Waals surface area (Å²) in [7, 11) is 0. The number of ether oxygens (including phenoxy) is 2. The van der Waals surface area contributed by atoms with Crippen LogP contribution in [0, 0.1) is 5.92 Å². The van der Waals surface area contributed by atoms with Gasteiger partial charge in [0.2, 0.25) is 5.91 Å². The predicted octanol–water partition coefficient (Wildman–Crippen LogP) is 2.77. The molecule has 170 valence electrons. The third-order valence-corrected chi connectivity index (χ3v) is 6.31. The molecule has 1 aromatic rings. The second-order valence-electron chi connectivity index (χ2n) is 8.17. The summed E-state index contributed by atoms with van der Waals surface area (Å²) in [5, 5.41) is 2.77. The van der Waals surface area contributed by atoms with E-state index in [4.69, 9.17) is 21.1 Å². The van der Waals surface area contributed by atoms with E-state index in [9.17, 15) is 22.8 Å². The SMILES string of the molecule is C[C@@H](Oc1ccc(C(F)(F)F)cc1Cl)C1CN(C(=O)N2CC[C@@H]3OCC(=O)N[C@@H]3C2)C1. The summed E-state index contributed by atoms with van der Waals surface area (Å²) in [5.74, 6) is 0.0482. The van der Waals surface area contributed by atoms with E-state index in [0.717, 1.165) is 12.1 Å². The summed E-state index contributed by atoms with van der Waals surface area (Å²) in [5.41, 5.74) is -0.832. The van der Waals surface area contributed by atoms with E-state index >= 15 is 0 Å². The van der Waals surface area contributed by atoms with Gasteiger partial charge in [0.15, 0.2) is 0 Å². The Kier molecular flexibility index (Phi) is 5.95. The average molecular weight is 462 g/mol. The maximum atomic E-state index is 12.8. The van der Waals surface area contributed by atoms with Crippen molar-refractivity contribution >= 4 is 23.5 Å². The molecule has 0 spiro atoms. The predicted molar refractivity (Wildman–Crippen MR) is 105 cm³/mol. The van der Waals surface area contributed by atoms with Crippen molar-refractivity contribution in [2.75, 3.05) is 32.8 Å². The fourth-order valence-electron chi connectivity index (χ4n) is 4.11. The number of halogens is 4. The van der Waals surface area contributed by atoms with Crippen molar-refractivity contribution in [3.63, 3.8) is 0 Å². The number of urea groups is 1. The molecule has 0 bridgehead atoms. The van der Waals surface area contributed by atoms with E-state index in [-0.39, 0.29) is 53.5 Å². The highest BCUT2D eigenvalue weighted by atomic mass is 35.5. The number of likely N-dealkylation sites (tertiary alicyclic amines) is 2. The molecule has 0 aliphatic carbocycles. The topological polar surface area (TPSA) is 71.1 Å². The van der Waals surface area contributed by atoms with Crippen molar-refractivity contribution in [3.8, 4) is 5.75 Å². The van der Waals surface area contributed by atoms with Gasteiger partial charge < -0.3 is 24.6 Å². The van der Waals surface area contributed by atoms with Gasteiger partial charge in [-0.15, -0.1) is 0 Å². The summed E-state index contributed by atoms with van der Waals surface area (Å²) >= 11 is 5.96. The van der Waals surface area contributed by atoms with Crippen molar-refractivity contribution < 1.29 is 32.2 Å². The molecule has 3 aliphatic heterocycles. The fourth-order valence-corrected chi connectivity index (χ4v) is 4.33. The van der Waals surface area contributed by atoms with Gasteiger partial charge in [-0.3, -0.25) is 4.79 Å². The molecule has 3 atom stereocenters. The summed E-state index contributed by atoms with van der Waals surface area (Å²) < 4.78 is 49.6. The highest BCUT2D eigenvalue weighted by Crippen LogP contribution is 2.36. The van der Waals surface area contributed by atoms with E-state index in [2.05, 4.69) is 5.32 Å². The number of amides is 3. The number of piperidine rings is 1. The largest absolute Gasteiger partial charge is 0.489 e. The van der Waals surface area contributed by atoms with Crippen LogP contribution in [0.25, 0.3) is 0 Å². The minimum atomic E-state index is -4.47. The second kappa shape index (κ2) is 8.38. The Labute approximate surface area is 182 Å². The first kappa shape index (κ1) is 22.0. The first-order chi connectivity index (χ1) is 14.6. The van der Waals surface area contributed by atoms with Gasteiger partial charge in [0.1, 0.15) is 18.5 Å². The van der Waals surface area contributed by atoms with Crippen molar-refractivity contribution in [2.24, 2.45) is 5.92 Å². The standard InChI is InChI=1S/C20H23ClF3N3O4/c1-11(31-16-3-2-13(6-14(16)21)20(22,23)24)12-7-27(8-12)19(29)26-5-4-17-15(9-26)25-18(28)10-30-17/h2-3,6,11-12,15,17H,4-5,7-10H2,1H3,(H,25,28)/t11-,15-,17+/m1/s1. The molecule has 0 saturated carbocycles. The van der Waals surface area contributed by atoms with E-state index in [1.165, 1.54) is 6.07 Å². The van der Waals surface area contributed by atoms with Gasteiger partial charge in [0.25, 0.3) is 0 Å². The Bertz CT molecular complexity index is 863. The number of hydrogen-bond acceptors (Lipinski definition) is 4. The number of carbonyl (C=O) groups is 2. The Balaban J connectivity index is 1.28. The lowest BCUT2D eigenvalue weighted by Crippen LogP contribution is -2.64. The lowest BCUT2D eigenvalue weighted by Gasteiger charge is -2.47. The maximum Gasteiger partial charge on any atom is 0.416 e. The molecule has 31 heavy (non-hydrogen) atoms. The maximum absolute atomic E-state index is 12.8. The molecule has 0 radical (unpaired) electrons. The van der Waals surface area contributed by atoms with Gasteiger partial charge in [-0.2, -0.15) is 13.2 Å². The summed E-state index contributed by atoms with van der Waals surface area (Å²) in [6, 6.07) is 2.70. The van der Waals surface area contributed by atoms with E-state index in [1.54, 1.807) is 16.7 Å². The number of fused-ring (bicyclic) bond motifs is 1. The monoisotopic (exact) mass is 461 g/mol. The van der Waals surface area contributed by atoms with Crippen LogP contribution in [0.15, 0.2) is 18.2 Å². The van der Waals surface area contributed by atoms with Gasteiger partial charge in [-0.1, -0.05) is 11.6 Å². The molecule has 7 nitrogen and oxygen atoms in total. The van der Waals surface area contributed by atoms with Crippen LogP contribution < -0.4 is 10.1 Å². The molecule has 3 saturated heterocycles. The molecule has 1 N–H and O–H groups in total. The lowest BCUT2D eigenvalue weighted by atomic mass is 9.94. The minimum absolute atomic E-state index is 0.0394. The summed E-state index contributed by atoms with van der Waals surface area (Å²) in [6.45, 7) is 3.79. The minimum Gasteiger partial charge on any atom is -0.489 e. The second-order valence-corrected chi connectivity index (χ2v) is 8.58. The van der Waals surface area contributed by atoms with Gasteiger partial charge in [-0.05, 0) is 31.5 Å². The molecule has 3 fully saturated rings. The van der Waals surface area contributed by atoms with Crippen LogP contribution in [0.4, 0.5) is 18.0 Å². The van der Waals surface area contributed by atoms with Gasteiger partial charge in [-0.25, -0.2) is 4.79 Å². The van der Waals surface area contributed by atoms with Crippen LogP contribution in [0.3, 0.4) is 0 Å². The third kappa shape index (κ3) is 4.69. The molecule has 3 aliphatic rings. The first-order valence-corrected chi connectivity index (χ1v) is 10.5. The highest BCUT2D eigenvalue weighted by molar-refractivity contribution is 6.32. The molecule has 3 amide bonds. The van der Waals surface area contributed by atoms with Crippen LogP contribution in [0.2, 0.25) is 5.02 Å². The lowest BCUT2D eigenvalue weighted by molar-refractivity contribution is -0.140. The molecule has 0 aromatic heterocycles. The van der Waals surface area contributed by atoms with Crippen LogP contribution in [0.5, 0.6) is 5.75 Å².